The summed E-state index contributed by atoms with van der Waals surface area (Å²) in [4.78, 5) is 9.96. The molecule has 0 aliphatic heterocycles. The van der Waals surface area contributed by atoms with Crippen LogP contribution in [-0.2, 0) is 4.79 Å². The second kappa shape index (κ2) is 6.18. The van der Waals surface area contributed by atoms with Gasteiger partial charge in [0.2, 0.25) is 0 Å². The van der Waals surface area contributed by atoms with E-state index in [0.29, 0.717) is 0 Å². The Hall–Kier alpha value is -0.820. The third kappa shape index (κ3) is 5.18. The van der Waals surface area contributed by atoms with Crippen molar-refractivity contribution in [1.29, 1.82) is 5.26 Å². The molecule has 0 rings (SSSR count). The van der Waals surface area contributed by atoms with Crippen molar-refractivity contribution in [2.45, 2.75) is 0 Å². The average molecular weight is 177 g/mol. The summed E-state index contributed by atoms with van der Waals surface area (Å²) < 4.78 is 0. The summed E-state index contributed by atoms with van der Waals surface area (Å²) in [5.74, 6) is -0.470. The van der Waals surface area contributed by atoms with Gasteiger partial charge in [-0.25, -0.2) is 0 Å². The molecule has 4 heteroatoms. The van der Waals surface area contributed by atoms with Gasteiger partial charge in [-0.15, -0.1) is 17.0 Å². The van der Waals surface area contributed by atoms with Crippen molar-refractivity contribution in [3.05, 3.63) is 12.7 Å². The number of carbonyl (C=O) groups is 1. The molecule has 0 aliphatic carbocycles. The smallest absolute Gasteiger partial charge is 0.256 e. The van der Waals surface area contributed by atoms with Crippen molar-refractivity contribution >= 4 is 22.9 Å². The maximum Gasteiger partial charge on any atom is 0.256 e. The predicted molar refractivity (Wildman–Crippen MR) is 34.3 cm³/mol. The number of nitriles is 1. The minimum absolute atomic E-state index is 0. The maximum absolute atomic E-state index is 9.96. The predicted octanol–water partition coefficient (Wildman–Crippen LogP) is 0.348. The Kier molecular flexibility index (Phi) is 7.89. The van der Waals surface area contributed by atoms with Crippen molar-refractivity contribution in [3.63, 3.8) is 0 Å². The summed E-state index contributed by atoms with van der Waals surface area (Å²) in [5.41, 5.74) is 0. The van der Waals surface area contributed by atoms with E-state index in [1.807, 2.05) is 5.32 Å². The third-order valence-electron chi connectivity index (χ3n) is 0.364. The second-order valence-corrected chi connectivity index (χ2v) is 0.805. The summed E-state index contributed by atoms with van der Waals surface area (Å²) in [6, 6.07) is 0. The van der Waals surface area contributed by atoms with Gasteiger partial charge in [0.05, 0.1) is 0 Å². The molecule has 1 N–H and O–H groups in total. The summed E-state index contributed by atoms with van der Waals surface area (Å²) in [6.07, 6.45) is 2.48. The molecule has 0 aliphatic rings. The molecule has 0 heterocycles. The summed E-state index contributed by atoms with van der Waals surface area (Å²) in [7, 11) is 0. The number of nitrogens with one attached hydrogen (secondary N) is 1. The summed E-state index contributed by atoms with van der Waals surface area (Å²) in [5, 5.41) is 9.58. The zero-order valence-electron chi connectivity index (χ0n) is 4.05. The van der Waals surface area contributed by atoms with Gasteiger partial charge in [0.25, 0.3) is 5.91 Å². The number of hydrogen-bond acceptors (Lipinski definition) is 2. The number of halogens is 1. The number of nitrogens with zero attached hydrogens (tertiary/aromatic N) is 1. The monoisotopic (exact) mass is 176 g/mol. The Bertz CT molecular complexity index is 126. The van der Waals surface area contributed by atoms with E-state index in [9.17, 15) is 4.79 Å². The van der Waals surface area contributed by atoms with E-state index >= 15 is 0 Å². The lowest BCUT2D eigenvalue weighted by Gasteiger charge is -1.79. The van der Waals surface area contributed by atoms with Crippen molar-refractivity contribution in [3.8, 4) is 6.19 Å². The highest BCUT2D eigenvalue weighted by molar-refractivity contribution is 8.93. The van der Waals surface area contributed by atoms with Gasteiger partial charge >= 0.3 is 0 Å². The first kappa shape index (κ1) is 10.2. The third-order valence-corrected chi connectivity index (χ3v) is 0.364. The van der Waals surface area contributed by atoms with Gasteiger partial charge in [-0.05, 0) is 6.08 Å². The van der Waals surface area contributed by atoms with Gasteiger partial charge in [-0.1, -0.05) is 6.58 Å². The Morgan fingerprint density at radius 1 is 1.88 bits per heavy atom. The van der Waals surface area contributed by atoms with Crippen molar-refractivity contribution in [2.75, 3.05) is 0 Å². The second-order valence-electron chi connectivity index (χ2n) is 0.805. The molecule has 0 aromatic carbocycles. The zero-order valence-corrected chi connectivity index (χ0v) is 5.76. The highest BCUT2D eigenvalue weighted by Crippen LogP contribution is 1.58. The van der Waals surface area contributed by atoms with E-state index < -0.39 is 5.91 Å². The van der Waals surface area contributed by atoms with Gasteiger partial charge in [-0.3, -0.25) is 10.1 Å². The topological polar surface area (TPSA) is 52.9 Å². The lowest BCUT2D eigenvalue weighted by atomic mass is 10.6. The Balaban J connectivity index is 0. The molecule has 0 aromatic heterocycles. The first-order valence-corrected chi connectivity index (χ1v) is 1.62. The fraction of sp³-hybridized carbons (Fsp3) is 0. The van der Waals surface area contributed by atoms with Crippen molar-refractivity contribution < 1.29 is 4.79 Å². The fourth-order valence-electron chi connectivity index (χ4n) is 0.106. The largest absolute Gasteiger partial charge is 0.269 e. The average Bonchev–Trinajstić information content (AvgIpc) is 1.68. The maximum atomic E-state index is 9.96. The Morgan fingerprint density at radius 2 is 2.38 bits per heavy atom. The molecule has 44 valence electrons. The molecule has 0 aromatic rings. The highest BCUT2D eigenvalue weighted by atomic mass is 79.9. The SMILES string of the molecule is Br.C=CC(=O)NC#N. The molecule has 0 fully saturated rings. The number of amides is 1. The van der Waals surface area contributed by atoms with Gasteiger partial charge < -0.3 is 0 Å². The molecule has 1 amide bonds. The zero-order chi connectivity index (χ0) is 5.70. The van der Waals surface area contributed by atoms with E-state index in [-0.39, 0.29) is 17.0 Å². The molecule has 0 saturated heterocycles. The van der Waals surface area contributed by atoms with E-state index in [0.717, 1.165) is 6.08 Å². The molecule has 3 nitrogen and oxygen atoms in total. The minimum Gasteiger partial charge on any atom is -0.269 e. The van der Waals surface area contributed by atoms with Crippen LogP contribution < -0.4 is 5.32 Å². The first-order chi connectivity index (χ1) is 3.31. The van der Waals surface area contributed by atoms with E-state index in [1.165, 1.54) is 6.19 Å². The van der Waals surface area contributed by atoms with E-state index in [2.05, 4.69) is 6.58 Å². The number of hydrogen-bond donors (Lipinski definition) is 1. The molecule has 0 radical (unpaired) electrons. The lowest BCUT2D eigenvalue weighted by Crippen LogP contribution is -2.12. The minimum atomic E-state index is -0.470. The Morgan fingerprint density at radius 3 is 2.50 bits per heavy atom. The number of rotatable bonds is 1. The molecule has 0 atom stereocenters. The van der Waals surface area contributed by atoms with Gasteiger partial charge in [0.1, 0.15) is 0 Å². The molecule has 0 saturated carbocycles. The van der Waals surface area contributed by atoms with Crippen LogP contribution in [0.5, 0.6) is 0 Å². The molecule has 0 spiro atoms. The van der Waals surface area contributed by atoms with Crippen LogP contribution in [-0.4, -0.2) is 5.91 Å². The van der Waals surface area contributed by atoms with Gasteiger partial charge in [0, 0.05) is 0 Å². The first-order valence-electron chi connectivity index (χ1n) is 1.62. The molecule has 0 unspecified atom stereocenters. The van der Waals surface area contributed by atoms with Crippen LogP contribution in [0.3, 0.4) is 0 Å². The van der Waals surface area contributed by atoms with Crippen LogP contribution in [0.2, 0.25) is 0 Å². The van der Waals surface area contributed by atoms with E-state index in [1.54, 1.807) is 0 Å². The Labute approximate surface area is 57.8 Å². The van der Waals surface area contributed by atoms with Gasteiger partial charge in [0.15, 0.2) is 6.19 Å². The van der Waals surface area contributed by atoms with E-state index in [4.69, 9.17) is 5.26 Å². The molecule has 0 bridgehead atoms. The summed E-state index contributed by atoms with van der Waals surface area (Å²) >= 11 is 0. The molecular formula is C4H5BrN2O. The van der Waals surface area contributed by atoms with Crippen LogP contribution in [0.25, 0.3) is 0 Å². The fourth-order valence-corrected chi connectivity index (χ4v) is 0.106. The van der Waals surface area contributed by atoms with Crippen LogP contribution >= 0.6 is 17.0 Å². The standard InChI is InChI=1S/C4H4N2O.BrH/c1-2-4(7)6-3-5;/h2H,1H2,(H,6,7);1H. The number of carbonyl (C=O) groups excluding carboxylic acids is 1. The van der Waals surface area contributed by atoms with Crippen molar-refractivity contribution in [2.24, 2.45) is 0 Å². The highest BCUT2D eigenvalue weighted by Gasteiger charge is 1.84. The molecular weight excluding hydrogens is 172 g/mol. The summed E-state index contributed by atoms with van der Waals surface area (Å²) in [6.45, 7) is 3.12. The van der Waals surface area contributed by atoms with Gasteiger partial charge in [-0.2, -0.15) is 5.26 Å². The normalized spacial score (nSPS) is 5.38. The lowest BCUT2D eigenvalue weighted by molar-refractivity contribution is -0.115. The van der Waals surface area contributed by atoms with Crippen LogP contribution in [0.15, 0.2) is 12.7 Å². The van der Waals surface area contributed by atoms with Crippen LogP contribution in [0, 0.1) is 11.5 Å². The molecule has 8 heavy (non-hydrogen) atoms. The van der Waals surface area contributed by atoms with Crippen LogP contribution in [0.1, 0.15) is 0 Å². The van der Waals surface area contributed by atoms with Crippen molar-refractivity contribution in [1.82, 2.24) is 5.32 Å². The quantitative estimate of drug-likeness (QED) is 0.357. The van der Waals surface area contributed by atoms with Crippen LogP contribution in [0.4, 0.5) is 0 Å².